The Balaban J connectivity index is 2.09. The topological polar surface area (TPSA) is 92.5 Å². The molecule has 2 N–H and O–H groups in total. The number of carbonyl (C=O) groups is 1. The second kappa shape index (κ2) is 5.03. The van der Waals surface area contributed by atoms with E-state index in [0.29, 0.717) is 12.5 Å². The summed E-state index contributed by atoms with van der Waals surface area (Å²) in [5, 5.41) is 23.0. The zero-order valence-electron chi connectivity index (χ0n) is 9.76. The molecule has 1 aliphatic rings. The van der Waals surface area contributed by atoms with Gasteiger partial charge in [-0.3, -0.25) is 14.9 Å². The lowest BCUT2D eigenvalue weighted by Gasteiger charge is -2.25. The number of phenols is 1. The quantitative estimate of drug-likeness (QED) is 0.629. The zero-order chi connectivity index (χ0) is 13.1. The Morgan fingerprint density at radius 1 is 1.50 bits per heavy atom. The van der Waals surface area contributed by atoms with E-state index in [2.05, 4.69) is 5.32 Å². The molecule has 1 fully saturated rings. The van der Waals surface area contributed by atoms with Crippen molar-refractivity contribution < 1.29 is 14.8 Å². The summed E-state index contributed by atoms with van der Waals surface area (Å²) in [5.41, 5.74) is -0.505. The van der Waals surface area contributed by atoms with E-state index in [1.807, 2.05) is 0 Å². The van der Waals surface area contributed by atoms with Crippen LogP contribution in [0.25, 0.3) is 0 Å². The molecule has 0 aromatic heterocycles. The molecule has 6 heteroatoms. The molecule has 18 heavy (non-hydrogen) atoms. The van der Waals surface area contributed by atoms with E-state index in [1.165, 1.54) is 18.6 Å². The predicted octanol–water partition coefficient (Wildman–Crippen LogP) is 1.83. The van der Waals surface area contributed by atoms with Crippen molar-refractivity contribution in [2.75, 3.05) is 6.54 Å². The highest BCUT2D eigenvalue weighted by atomic mass is 16.6. The molecule has 0 radical (unpaired) electrons. The number of nitrogens with one attached hydrogen (secondary N) is 1. The molecular weight excluding hydrogens is 236 g/mol. The van der Waals surface area contributed by atoms with Gasteiger partial charge in [0.2, 0.25) is 5.75 Å². The number of nitro groups is 1. The van der Waals surface area contributed by atoms with Gasteiger partial charge in [-0.2, -0.15) is 0 Å². The minimum absolute atomic E-state index is 0.0523. The summed E-state index contributed by atoms with van der Waals surface area (Å²) in [6.07, 6.45) is 3.38. The zero-order valence-corrected chi connectivity index (χ0v) is 9.76. The van der Waals surface area contributed by atoms with Crippen LogP contribution in [-0.4, -0.2) is 22.5 Å². The maximum Gasteiger partial charge on any atom is 0.311 e. The van der Waals surface area contributed by atoms with Crippen LogP contribution < -0.4 is 5.32 Å². The number of rotatable bonds is 4. The average molecular weight is 250 g/mol. The van der Waals surface area contributed by atoms with Crippen LogP contribution in [-0.2, 0) is 0 Å². The number of benzene rings is 1. The third kappa shape index (κ3) is 2.42. The van der Waals surface area contributed by atoms with Crippen molar-refractivity contribution in [2.45, 2.75) is 19.3 Å². The number of hydrogen-bond acceptors (Lipinski definition) is 4. The van der Waals surface area contributed by atoms with Crippen LogP contribution in [0, 0.1) is 16.0 Å². The highest BCUT2D eigenvalue weighted by molar-refractivity contribution is 5.98. The largest absolute Gasteiger partial charge is 0.502 e. The molecule has 0 aliphatic heterocycles. The smallest absolute Gasteiger partial charge is 0.311 e. The summed E-state index contributed by atoms with van der Waals surface area (Å²) >= 11 is 0. The molecule has 0 atom stereocenters. The molecular formula is C12H14N2O4. The van der Waals surface area contributed by atoms with Gasteiger partial charge in [0, 0.05) is 12.6 Å². The van der Waals surface area contributed by atoms with Gasteiger partial charge in [0.25, 0.3) is 5.91 Å². The molecule has 6 nitrogen and oxygen atoms in total. The highest BCUT2D eigenvalue weighted by Gasteiger charge is 2.22. The third-order valence-corrected chi connectivity index (χ3v) is 3.23. The second-order valence-electron chi connectivity index (χ2n) is 4.44. The van der Waals surface area contributed by atoms with Gasteiger partial charge in [-0.1, -0.05) is 12.5 Å². The lowest BCUT2D eigenvalue weighted by Crippen LogP contribution is -2.32. The van der Waals surface area contributed by atoms with Gasteiger partial charge in [-0.25, -0.2) is 0 Å². The number of carbonyl (C=O) groups excluding carboxylic acids is 1. The average Bonchev–Trinajstić information content (AvgIpc) is 2.26. The molecule has 96 valence electrons. The Morgan fingerprint density at radius 3 is 2.78 bits per heavy atom. The van der Waals surface area contributed by atoms with Gasteiger partial charge in [-0.05, 0) is 24.8 Å². The normalized spacial score (nSPS) is 14.9. The van der Waals surface area contributed by atoms with Crippen molar-refractivity contribution in [1.82, 2.24) is 5.32 Å². The van der Waals surface area contributed by atoms with Crippen molar-refractivity contribution >= 4 is 11.6 Å². The van der Waals surface area contributed by atoms with Gasteiger partial charge in [-0.15, -0.1) is 0 Å². The Kier molecular flexibility index (Phi) is 3.45. The SMILES string of the molecule is O=C(NCC1CCC1)c1cccc([N+](=O)[O-])c1O. The monoisotopic (exact) mass is 250 g/mol. The fourth-order valence-electron chi connectivity index (χ4n) is 1.89. The number of hydrogen-bond donors (Lipinski definition) is 2. The van der Waals surface area contributed by atoms with E-state index < -0.39 is 22.3 Å². The van der Waals surface area contributed by atoms with E-state index >= 15 is 0 Å². The van der Waals surface area contributed by atoms with Gasteiger partial charge in [0.1, 0.15) is 0 Å². The standard InChI is InChI=1S/C12H14N2O4/c15-11-9(5-2-6-10(11)14(17)18)12(16)13-7-8-3-1-4-8/h2,5-6,8,15H,1,3-4,7H2,(H,13,16). The molecule has 1 aliphatic carbocycles. The van der Waals surface area contributed by atoms with Crippen LogP contribution in [0.15, 0.2) is 18.2 Å². The van der Waals surface area contributed by atoms with E-state index in [9.17, 15) is 20.0 Å². The summed E-state index contributed by atoms with van der Waals surface area (Å²) in [5.74, 6) is -0.550. The Labute approximate surface area is 104 Å². The van der Waals surface area contributed by atoms with Gasteiger partial charge < -0.3 is 10.4 Å². The van der Waals surface area contributed by atoms with E-state index in [1.54, 1.807) is 0 Å². The summed E-state index contributed by atoms with van der Waals surface area (Å²) in [6, 6.07) is 3.92. The molecule has 1 amide bonds. The number of nitrogens with zero attached hydrogens (tertiary/aromatic N) is 1. The number of phenolic OH excluding ortho intramolecular Hbond substituents is 1. The second-order valence-corrected chi connectivity index (χ2v) is 4.44. The molecule has 0 saturated heterocycles. The summed E-state index contributed by atoms with van der Waals surface area (Å²) in [6.45, 7) is 0.557. The molecule has 1 saturated carbocycles. The molecule has 1 aromatic rings. The fraction of sp³-hybridized carbons (Fsp3) is 0.417. The summed E-state index contributed by atoms with van der Waals surface area (Å²) in [7, 11) is 0. The van der Waals surface area contributed by atoms with Crippen molar-refractivity contribution in [1.29, 1.82) is 0 Å². The van der Waals surface area contributed by atoms with Gasteiger partial charge in [0.05, 0.1) is 10.5 Å². The Hall–Kier alpha value is -2.11. The molecule has 1 aromatic carbocycles. The van der Waals surface area contributed by atoms with Crippen LogP contribution in [0.2, 0.25) is 0 Å². The van der Waals surface area contributed by atoms with Crippen LogP contribution in [0.3, 0.4) is 0 Å². The third-order valence-electron chi connectivity index (χ3n) is 3.23. The number of aromatic hydroxyl groups is 1. The molecule has 0 spiro atoms. The number of para-hydroxylation sites is 1. The van der Waals surface area contributed by atoms with Crippen molar-refractivity contribution in [2.24, 2.45) is 5.92 Å². The van der Waals surface area contributed by atoms with Crippen LogP contribution in [0.5, 0.6) is 5.75 Å². The first-order valence-corrected chi connectivity index (χ1v) is 5.84. The van der Waals surface area contributed by atoms with Crippen LogP contribution in [0.1, 0.15) is 29.6 Å². The first-order valence-electron chi connectivity index (χ1n) is 5.84. The minimum atomic E-state index is -0.710. The van der Waals surface area contributed by atoms with Crippen LogP contribution >= 0.6 is 0 Å². The predicted molar refractivity (Wildman–Crippen MR) is 64.4 cm³/mol. The highest BCUT2D eigenvalue weighted by Crippen LogP contribution is 2.29. The first-order chi connectivity index (χ1) is 8.59. The van der Waals surface area contributed by atoms with Gasteiger partial charge >= 0.3 is 5.69 Å². The maximum atomic E-state index is 11.8. The Morgan fingerprint density at radius 2 is 2.22 bits per heavy atom. The van der Waals surface area contributed by atoms with E-state index in [-0.39, 0.29) is 5.56 Å². The maximum absolute atomic E-state index is 11.8. The van der Waals surface area contributed by atoms with E-state index in [0.717, 1.165) is 18.9 Å². The van der Waals surface area contributed by atoms with E-state index in [4.69, 9.17) is 0 Å². The Bertz CT molecular complexity index is 483. The first kappa shape index (κ1) is 12.3. The fourth-order valence-corrected chi connectivity index (χ4v) is 1.89. The minimum Gasteiger partial charge on any atom is -0.502 e. The lowest BCUT2D eigenvalue weighted by molar-refractivity contribution is -0.385. The van der Waals surface area contributed by atoms with Crippen molar-refractivity contribution in [3.8, 4) is 5.75 Å². The molecule has 2 rings (SSSR count). The van der Waals surface area contributed by atoms with Crippen LogP contribution in [0.4, 0.5) is 5.69 Å². The lowest BCUT2D eigenvalue weighted by atomic mass is 9.85. The van der Waals surface area contributed by atoms with Crippen molar-refractivity contribution in [3.05, 3.63) is 33.9 Å². The van der Waals surface area contributed by atoms with Gasteiger partial charge in [0.15, 0.2) is 0 Å². The summed E-state index contributed by atoms with van der Waals surface area (Å²) in [4.78, 5) is 21.7. The summed E-state index contributed by atoms with van der Waals surface area (Å²) < 4.78 is 0. The molecule has 0 bridgehead atoms. The molecule has 0 unspecified atom stereocenters. The number of nitro benzene ring substituents is 1. The number of amides is 1. The molecule has 0 heterocycles. The van der Waals surface area contributed by atoms with Crippen molar-refractivity contribution in [3.63, 3.8) is 0 Å².